The number of hydrogen-bond donors (Lipinski definition) is 0. The maximum Gasteiger partial charge on any atom is 0.238 e. The van der Waals surface area contributed by atoms with E-state index in [1.165, 1.54) is 54.7 Å². The van der Waals surface area contributed by atoms with Crippen LogP contribution >= 0.6 is 0 Å². The van der Waals surface area contributed by atoms with Crippen molar-refractivity contribution in [3.05, 3.63) is 193 Å². The van der Waals surface area contributed by atoms with Crippen molar-refractivity contribution in [3.8, 4) is 51.0 Å². The Kier molecular flexibility index (Phi) is 6.94. The van der Waals surface area contributed by atoms with E-state index in [-0.39, 0.29) is 5.41 Å². The van der Waals surface area contributed by atoms with E-state index >= 15 is 0 Å². The Morgan fingerprint density at radius 3 is 1.78 bits per heavy atom. The van der Waals surface area contributed by atoms with Gasteiger partial charge in [-0.1, -0.05) is 190 Å². The molecule has 0 fully saturated rings. The molecule has 0 atom stereocenters. The van der Waals surface area contributed by atoms with Crippen molar-refractivity contribution in [1.29, 1.82) is 0 Å². The molecule has 272 valence electrons. The maximum absolute atomic E-state index is 5.47. The van der Waals surface area contributed by atoms with Gasteiger partial charge in [0.05, 0.1) is 11.0 Å². The highest BCUT2D eigenvalue weighted by Gasteiger charge is 2.38. The summed E-state index contributed by atoms with van der Waals surface area (Å²) in [6.45, 7) is 4.73. The van der Waals surface area contributed by atoms with E-state index in [0.29, 0.717) is 17.6 Å². The van der Waals surface area contributed by atoms with Gasteiger partial charge in [-0.05, 0) is 60.8 Å². The summed E-state index contributed by atoms with van der Waals surface area (Å²) in [5, 5.41) is 9.44. The van der Waals surface area contributed by atoms with Gasteiger partial charge in [0.15, 0.2) is 11.6 Å². The molecule has 4 heteroatoms. The molecule has 4 nitrogen and oxygen atoms in total. The highest BCUT2D eigenvalue weighted by atomic mass is 15.2. The number of benzene rings is 9. The molecular formula is C54H36N4. The lowest BCUT2D eigenvalue weighted by molar-refractivity contribution is 0.662. The first kappa shape index (κ1) is 32.8. The van der Waals surface area contributed by atoms with Crippen molar-refractivity contribution < 1.29 is 0 Å². The highest BCUT2D eigenvalue weighted by molar-refractivity contribution is 6.33. The van der Waals surface area contributed by atoms with E-state index < -0.39 is 0 Å². The predicted octanol–water partition coefficient (Wildman–Crippen LogP) is 13.7. The summed E-state index contributed by atoms with van der Waals surface area (Å²) in [6.07, 6.45) is 0. The predicted molar refractivity (Wildman–Crippen MR) is 241 cm³/mol. The Morgan fingerprint density at radius 2 is 0.966 bits per heavy atom. The fraction of sp³-hybridized carbons (Fsp3) is 0.0556. The molecular weight excluding hydrogens is 705 g/mol. The van der Waals surface area contributed by atoms with Crippen LogP contribution in [-0.4, -0.2) is 19.5 Å². The normalized spacial score (nSPS) is 13.1. The van der Waals surface area contributed by atoms with Crippen LogP contribution in [0.2, 0.25) is 0 Å². The molecule has 9 aromatic carbocycles. The van der Waals surface area contributed by atoms with Crippen LogP contribution in [-0.2, 0) is 5.41 Å². The number of aromatic nitrogens is 4. The van der Waals surface area contributed by atoms with E-state index in [4.69, 9.17) is 15.0 Å². The fourth-order valence-corrected chi connectivity index (χ4v) is 9.85. The summed E-state index contributed by atoms with van der Waals surface area (Å²) in [5.41, 5.74) is 11.5. The summed E-state index contributed by atoms with van der Waals surface area (Å²) in [6, 6.07) is 65.3. The molecule has 11 aromatic rings. The Labute approximate surface area is 335 Å². The molecule has 0 bridgehead atoms. The zero-order valence-corrected chi connectivity index (χ0v) is 32.1. The minimum atomic E-state index is -0.210. The molecule has 1 aliphatic carbocycles. The molecule has 2 aromatic heterocycles. The van der Waals surface area contributed by atoms with E-state index in [9.17, 15) is 0 Å². The second-order valence-corrected chi connectivity index (χ2v) is 16.0. The summed E-state index contributed by atoms with van der Waals surface area (Å²) in [4.78, 5) is 16.1. The largest absolute Gasteiger partial charge is 0.277 e. The molecule has 0 N–H and O–H groups in total. The smallest absolute Gasteiger partial charge is 0.238 e. The van der Waals surface area contributed by atoms with Crippen LogP contribution in [0.4, 0.5) is 0 Å². The van der Waals surface area contributed by atoms with Crippen molar-refractivity contribution in [2.45, 2.75) is 19.3 Å². The molecule has 0 aliphatic heterocycles. The summed E-state index contributed by atoms with van der Waals surface area (Å²) in [7, 11) is 0. The van der Waals surface area contributed by atoms with Crippen molar-refractivity contribution in [2.24, 2.45) is 0 Å². The van der Waals surface area contributed by atoms with Gasteiger partial charge in [0, 0.05) is 38.3 Å². The van der Waals surface area contributed by atoms with Crippen molar-refractivity contribution in [2.75, 3.05) is 0 Å². The number of rotatable bonds is 4. The van der Waals surface area contributed by atoms with Gasteiger partial charge < -0.3 is 0 Å². The quantitative estimate of drug-likeness (QED) is 0.169. The maximum atomic E-state index is 5.47. The standard InChI is InChI=1S/C54H36N4/c1-54(2)46-29-13-12-22-39(46)41-25-14-26-42(48(41)54)44-27-15-28-45-47-40-23-10-8-20-37(40)38-21-9-11-24-43(38)50(47)58(49(44)45)53-56-51(34-17-4-3-5-18-34)55-52(57-53)36-31-30-33-16-6-7-19-35(33)32-36/h3-32H,1-2H3. The molecule has 0 amide bonds. The van der Waals surface area contributed by atoms with E-state index in [0.717, 1.165) is 43.9 Å². The second-order valence-electron chi connectivity index (χ2n) is 16.0. The minimum Gasteiger partial charge on any atom is -0.277 e. The van der Waals surface area contributed by atoms with Gasteiger partial charge in [0.2, 0.25) is 5.95 Å². The highest BCUT2D eigenvalue weighted by Crippen LogP contribution is 2.53. The lowest BCUT2D eigenvalue weighted by atomic mass is 9.78. The topological polar surface area (TPSA) is 43.6 Å². The van der Waals surface area contributed by atoms with Gasteiger partial charge in [-0.25, -0.2) is 4.98 Å². The Balaban J connectivity index is 1.26. The van der Waals surface area contributed by atoms with E-state index in [1.54, 1.807) is 0 Å². The molecule has 0 saturated heterocycles. The Bertz CT molecular complexity index is 3490. The van der Waals surface area contributed by atoms with E-state index in [2.05, 4.69) is 182 Å². The second kappa shape index (κ2) is 12.3. The third kappa shape index (κ3) is 4.66. The zero-order valence-electron chi connectivity index (χ0n) is 32.1. The fourth-order valence-electron chi connectivity index (χ4n) is 9.85. The van der Waals surface area contributed by atoms with Crippen LogP contribution in [0.1, 0.15) is 25.0 Å². The van der Waals surface area contributed by atoms with Gasteiger partial charge in [-0.2, -0.15) is 9.97 Å². The van der Waals surface area contributed by atoms with Crippen molar-refractivity contribution in [1.82, 2.24) is 19.5 Å². The third-order valence-electron chi connectivity index (χ3n) is 12.4. The first-order chi connectivity index (χ1) is 28.5. The molecule has 12 rings (SSSR count). The van der Waals surface area contributed by atoms with Crippen molar-refractivity contribution in [3.63, 3.8) is 0 Å². The minimum absolute atomic E-state index is 0.210. The zero-order chi connectivity index (χ0) is 38.5. The number of hydrogen-bond acceptors (Lipinski definition) is 3. The molecule has 0 saturated carbocycles. The molecule has 0 unspecified atom stereocenters. The SMILES string of the molecule is CC1(C)c2ccccc2-c2cccc(-c3cccc4c5c6ccccc6c6ccccc6c5n(-c5nc(-c6ccccc6)nc(-c6ccc7ccccc7c6)n5)c34)c21. The van der Waals surface area contributed by atoms with Gasteiger partial charge in [0.25, 0.3) is 0 Å². The Hall–Kier alpha value is -7.43. The van der Waals surface area contributed by atoms with Crippen LogP contribution in [0.5, 0.6) is 0 Å². The molecule has 0 spiro atoms. The van der Waals surface area contributed by atoms with Crippen LogP contribution in [0, 0.1) is 0 Å². The van der Waals surface area contributed by atoms with Gasteiger partial charge in [0.1, 0.15) is 0 Å². The number of nitrogens with zero attached hydrogens (tertiary/aromatic N) is 4. The monoisotopic (exact) mass is 740 g/mol. The molecule has 0 radical (unpaired) electrons. The van der Waals surface area contributed by atoms with Gasteiger partial charge >= 0.3 is 0 Å². The van der Waals surface area contributed by atoms with Crippen LogP contribution < -0.4 is 0 Å². The van der Waals surface area contributed by atoms with Gasteiger partial charge in [-0.15, -0.1) is 0 Å². The van der Waals surface area contributed by atoms with Crippen LogP contribution in [0.25, 0.3) is 105 Å². The average molecular weight is 741 g/mol. The molecule has 2 heterocycles. The first-order valence-corrected chi connectivity index (χ1v) is 20.0. The van der Waals surface area contributed by atoms with E-state index in [1.807, 2.05) is 18.2 Å². The first-order valence-electron chi connectivity index (χ1n) is 20.0. The summed E-state index contributed by atoms with van der Waals surface area (Å²) >= 11 is 0. The lowest BCUT2D eigenvalue weighted by Gasteiger charge is -2.25. The summed E-state index contributed by atoms with van der Waals surface area (Å²) in [5.74, 6) is 1.84. The number of para-hydroxylation sites is 1. The Morgan fingerprint density at radius 1 is 0.397 bits per heavy atom. The molecule has 1 aliphatic rings. The van der Waals surface area contributed by atoms with Crippen molar-refractivity contribution >= 4 is 54.1 Å². The average Bonchev–Trinajstić information content (AvgIpc) is 3.76. The lowest BCUT2D eigenvalue weighted by Crippen LogP contribution is -2.16. The number of fused-ring (bicyclic) bond motifs is 12. The third-order valence-corrected chi connectivity index (χ3v) is 12.4. The molecule has 58 heavy (non-hydrogen) atoms. The van der Waals surface area contributed by atoms with Crippen LogP contribution in [0.3, 0.4) is 0 Å². The summed E-state index contributed by atoms with van der Waals surface area (Å²) < 4.78 is 2.35. The van der Waals surface area contributed by atoms with Crippen LogP contribution in [0.15, 0.2) is 182 Å². The van der Waals surface area contributed by atoms with Gasteiger partial charge in [-0.3, -0.25) is 4.57 Å².